The van der Waals surface area contributed by atoms with Crippen LogP contribution in [0.4, 0.5) is 10.3 Å². The zero-order valence-corrected chi connectivity index (χ0v) is 14.5. The Labute approximate surface area is 150 Å². The van der Waals surface area contributed by atoms with E-state index in [0.717, 1.165) is 16.8 Å². The highest BCUT2D eigenvalue weighted by Gasteiger charge is 2.22. The summed E-state index contributed by atoms with van der Waals surface area (Å²) in [6.45, 7) is 3.52. The molecular weight excluding hydrogens is 361 g/mol. The molecule has 13 heteroatoms. The highest BCUT2D eigenvalue weighted by molar-refractivity contribution is 6.01. The van der Waals surface area contributed by atoms with Crippen molar-refractivity contribution in [1.29, 1.82) is 0 Å². The van der Waals surface area contributed by atoms with Crippen molar-refractivity contribution in [2.75, 3.05) is 5.32 Å². The van der Waals surface area contributed by atoms with Gasteiger partial charge >= 0.3 is 5.69 Å². The van der Waals surface area contributed by atoms with E-state index in [2.05, 4.69) is 30.9 Å². The third-order valence-electron chi connectivity index (χ3n) is 3.63. The Balaban J connectivity index is 2.11. The molecule has 0 saturated heterocycles. The smallest absolute Gasteiger partial charge is 0.288 e. The van der Waals surface area contributed by atoms with Crippen LogP contribution in [-0.2, 0) is 13.6 Å². The summed E-state index contributed by atoms with van der Waals surface area (Å²) in [5, 5.41) is 16.8. The van der Waals surface area contributed by atoms with Crippen molar-refractivity contribution >= 4 is 11.9 Å². The third-order valence-corrected chi connectivity index (χ3v) is 3.63. The van der Waals surface area contributed by atoms with Crippen LogP contribution in [0.15, 0.2) is 21.7 Å². The molecule has 1 amide bonds. The highest BCUT2D eigenvalue weighted by atomic mass is 19.1. The monoisotopic (exact) mass is 375 g/mol. The number of amides is 1. The first kappa shape index (κ1) is 18.0. The summed E-state index contributed by atoms with van der Waals surface area (Å²) >= 11 is 0. The number of nitrogens with one attached hydrogen (secondary N) is 1. The lowest BCUT2D eigenvalue weighted by atomic mass is 10.3. The van der Waals surface area contributed by atoms with Crippen molar-refractivity contribution in [3.8, 4) is 5.82 Å². The molecule has 0 atom stereocenters. The van der Waals surface area contributed by atoms with Gasteiger partial charge in [0.05, 0.1) is 5.69 Å². The molecule has 3 rings (SSSR count). The third kappa shape index (κ3) is 3.21. The standard InChI is InChI=1S/C14H14FN9O3/c1-4-23-13(18-20-21-23)17-11(25)10-12(26)24(14(27)22(3)19-10)9-6-5-8(15)7(2)16-9/h5-6H,4H2,1-3H3,(H,17,18,21,25). The first-order chi connectivity index (χ1) is 12.8. The van der Waals surface area contributed by atoms with Gasteiger partial charge in [-0.1, -0.05) is 5.10 Å². The predicted molar refractivity (Wildman–Crippen MR) is 89.0 cm³/mol. The van der Waals surface area contributed by atoms with Crippen LogP contribution in [0.2, 0.25) is 0 Å². The average Bonchev–Trinajstić information content (AvgIpc) is 3.08. The number of hydrogen-bond donors (Lipinski definition) is 1. The van der Waals surface area contributed by atoms with Gasteiger partial charge in [-0.25, -0.2) is 28.1 Å². The molecule has 12 nitrogen and oxygen atoms in total. The maximum absolute atomic E-state index is 13.5. The Hall–Kier alpha value is -3.77. The molecule has 1 N–H and O–H groups in total. The number of hydrogen-bond acceptors (Lipinski definition) is 8. The molecule has 3 aromatic heterocycles. The average molecular weight is 375 g/mol. The topological polar surface area (TPSA) is 142 Å². The zero-order valence-electron chi connectivity index (χ0n) is 14.5. The fourth-order valence-electron chi connectivity index (χ4n) is 2.24. The molecule has 0 radical (unpaired) electrons. The van der Waals surface area contributed by atoms with Crippen LogP contribution in [0, 0.1) is 12.7 Å². The van der Waals surface area contributed by atoms with Gasteiger partial charge in [0.25, 0.3) is 11.5 Å². The summed E-state index contributed by atoms with van der Waals surface area (Å²) in [5.41, 5.74) is -2.43. The summed E-state index contributed by atoms with van der Waals surface area (Å²) in [4.78, 5) is 41.4. The summed E-state index contributed by atoms with van der Waals surface area (Å²) in [5.74, 6) is -1.62. The molecule has 0 aliphatic rings. The molecule has 0 spiro atoms. The van der Waals surface area contributed by atoms with Crippen molar-refractivity contribution in [1.82, 2.24) is 39.5 Å². The second kappa shape index (κ2) is 6.86. The molecule has 140 valence electrons. The molecule has 0 fully saturated rings. The molecular formula is C14H14FN9O3. The minimum atomic E-state index is -1.01. The van der Waals surface area contributed by atoms with Gasteiger partial charge in [0.15, 0.2) is 0 Å². The van der Waals surface area contributed by atoms with Crippen molar-refractivity contribution < 1.29 is 9.18 Å². The maximum Gasteiger partial charge on any atom is 0.353 e. The number of aromatic nitrogens is 8. The summed E-state index contributed by atoms with van der Waals surface area (Å²) in [6, 6.07) is 2.23. The second-order valence-corrected chi connectivity index (χ2v) is 5.40. The number of carbonyl (C=O) groups is 1. The number of carbonyl (C=O) groups excluding carboxylic acids is 1. The van der Waals surface area contributed by atoms with Crippen LogP contribution in [-0.4, -0.2) is 45.4 Å². The molecule has 0 unspecified atom stereocenters. The SMILES string of the molecule is CCn1nnnc1NC(=O)c1nn(C)c(=O)n(-c2ccc(F)c(C)n2)c1=O. The van der Waals surface area contributed by atoms with Crippen LogP contribution in [0.1, 0.15) is 23.1 Å². The molecule has 0 aliphatic heterocycles. The van der Waals surface area contributed by atoms with Crippen LogP contribution in [0.25, 0.3) is 5.82 Å². The minimum Gasteiger partial charge on any atom is -0.288 e. The summed E-state index contributed by atoms with van der Waals surface area (Å²) in [7, 11) is 1.27. The van der Waals surface area contributed by atoms with Gasteiger partial charge in [0.1, 0.15) is 11.6 Å². The largest absolute Gasteiger partial charge is 0.353 e. The Morgan fingerprint density at radius 1 is 1.30 bits per heavy atom. The van der Waals surface area contributed by atoms with Gasteiger partial charge in [-0.2, -0.15) is 5.10 Å². The number of pyridine rings is 1. The first-order valence-corrected chi connectivity index (χ1v) is 7.75. The second-order valence-electron chi connectivity index (χ2n) is 5.40. The van der Waals surface area contributed by atoms with Gasteiger partial charge < -0.3 is 0 Å². The van der Waals surface area contributed by atoms with Gasteiger partial charge in [-0.3, -0.25) is 14.9 Å². The Morgan fingerprint density at radius 2 is 2.04 bits per heavy atom. The van der Waals surface area contributed by atoms with Crippen LogP contribution in [0.5, 0.6) is 0 Å². The Bertz CT molecular complexity index is 1150. The normalized spacial score (nSPS) is 10.8. The van der Waals surface area contributed by atoms with E-state index in [9.17, 15) is 18.8 Å². The van der Waals surface area contributed by atoms with E-state index in [1.807, 2.05) is 0 Å². The Kier molecular flexibility index (Phi) is 4.58. The van der Waals surface area contributed by atoms with Crippen molar-refractivity contribution in [3.05, 3.63) is 50.2 Å². The van der Waals surface area contributed by atoms with Crippen LogP contribution < -0.4 is 16.6 Å². The van der Waals surface area contributed by atoms with E-state index in [0.29, 0.717) is 11.1 Å². The molecule has 0 saturated carbocycles. The number of anilines is 1. The lowest BCUT2D eigenvalue weighted by Gasteiger charge is -2.09. The number of nitrogens with zero attached hydrogens (tertiary/aromatic N) is 8. The van der Waals surface area contributed by atoms with Crippen molar-refractivity contribution in [2.24, 2.45) is 7.05 Å². The molecule has 0 aromatic carbocycles. The van der Waals surface area contributed by atoms with Crippen LogP contribution >= 0.6 is 0 Å². The Morgan fingerprint density at radius 3 is 2.70 bits per heavy atom. The van der Waals surface area contributed by atoms with E-state index < -0.39 is 28.7 Å². The zero-order chi connectivity index (χ0) is 19.7. The quantitative estimate of drug-likeness (QED) is 0.614. The number of rotatable bonds is 4. The van der Waals surface area contributed by atoms with Crippen molar-refractivity contribution in [3.63, 3.8) is 0 Å². The fourth-order valence-corrected chi connectivity index (χ4v) is 2.24. The highest BCUT2D eigenvalue weighted by Crippen LogP contribution is 2.06. The van der Waals surface area contributed by atoms with Crippen LogP contribution in [0.3, 0.4) is 0 Å². The first-order valence-electron chi connectivity index (χ1n) is 7.75. The van der Waals surface area contributed by atoms with Gasteiger partial charge in [-0.05, 0) is 36.4 Å². The predicted octanol–water partition coefficient (Wildman–Crippen LogP) is -0.968. The van der Waals surface area contributed by atoms with E-state index >= 15 is 0 Å². The molecule has 0 aliphatic carbocycles. The maximum atomic E-state index is 13.5. The lowest BCUT2D eigenvalue weighted by molar-refractivity contribution is 0.101. The van der Waals surface area contributed by atoms with E-state index in [4.69, 9.17) is 0 Å². The number of halogens is 1. The lowest BCUT2D eigenvalue weighted by Crippen LogP contribution is -2.44. The summed E-state index contributed by atoms with van der Waals surface area (Å²) < 4.78 is 16.2. The van der Waals surface area contributed by atoms with Gasteiger partial charge in [0.2, 0.25) is 11.6 Å². The van der Waals surface area contributed by atoms with E-state index in [1.54, 1.807) is 6.92 Å². The fraction of sp³-hybridized carbons (Fsp3) is 0.286. The molecule has 0 bridgehead atoms. The van der Waals surface area contributed by atoms with Crippen molar-refractivity contribution in [2.45, 2.75) is 20.4 Å². The van der Waals surface area contributed by atoms with E-state index in [1.165, 1.54) is 18.7 Å². The minimum absolute atomic E-state index is 0.00797. The molecule has 27 heavy (non-hydrogen) atoms. The van der Waals surface area contributed by atoms with Gasteiger partial charge in [-0.15, -0.1) is 0 Å². The summed E-state index contributed by atoms with van der Waals surface area (Å²) in [6.07, 6.45) is 0. The van der Waals surface area contributed by atoms with Gasteiger partial charge in [0, 0.05) is 13.6 Å². The van der Waals surface area contributed by atoms with E-state index in [-0.39, 0.29) is 17.5 Å². The number of aryl methyl sites for hydroxylation is 3. The molecule has 3 heterocycles. The number of tetrazole rings is 1. The molecule has 3 aromatic rings.